The second kappa shape index (κ2) is 16.7. The van der Waals surface area contributed by atoms with Crippen LogP contribution in [0.4, 0.5) is 0 Å². The Labute approximate surface area is 193 Å². The number of nitrogens with one attached hydrogen (secondary N) is 3. The minimum absolute atomic E-state index is 0.0863. The fourth-order valence-electron chi connectivity index (χ4n) is 2.80. The minimum Gasteiger partial charge on any atom is -0.480 e. The molecule has 0 aliphatic rings. The Balaban J connectivity index is 5.43. The van der Waals surface area contributed by atoms with Gasteiger partial charge >= 0.3 is 5.97 Å². The number of aliphatic hydroxyl groups is 1. The van der Waals surface area contributed by atoms with Crippen molar-refractivity contribution in [3.05, 3.63) is 0 Å². The van der Waals surface area contributed by atoms with Crippen molar-refractivity contribution in [2.75, 3.05) is 18.8 Å². The monoisotopic (exact) mass is 478 g/mol. The molecule has 0 aromatic rings. The Bertz CT molecular complexity index is 609. The van der Waals surface area contributed by atoms with Crippen LogP contribution in [0.5, 0.6) is 0 Å². The minimum atomic E-state index is -1.54. The van der Waals surface area contributed by atoms with Crippen LogP contribution in [0.25, 0.3) is 0 Å². The molecule has 13 heteroatoms. The highest BCUT2D eigenvalue weighted by Gasteiger charge is 2.31. The van der Waals surface area contributed by atoms with Gasteiger partial charge < -0.3 is 43.4 Å². The first-order chi connectivity index (χ1) is 15.1. The van der Waals surface area contributed by atoms with Crippen LogP contribution in [-0.4, -0.2) is 83.0 Å². The third kappa shape index (κ3) is 11.6. The number of hydrogen-bond acceptors (Lipinski definition) is 9. The molecule has 0 fully saturated rings. The predicted molar refractivity (Wildman–Crippen MR) is 123 cm³/mol. The third-order valence-corrected chi connectivity index (χ3v) is 5.13. The maximum Gasteiger partial charge on any atom is 0.328 e. The van der Waals surface area contributed by atoms with Crippen molar-refractivity contribution in [2.45, 2.75) is 75.7 Å². The van der Waals surface area contributed by atoms with Crippen LogP contribution in [0, 0.1) is 0 Å². The topological polar surface area (TPSA) is 223 Å². The number of carboxylic acid groups (broad SMARTS) is 1. The lowest BCUT2D eigenvalue weighted by atomic mass is 10.0. The molecule has 0 bridgehead atoms. The van der Waals surface area contributed by atoms with Crippen LogP contribution in [0.2, 0.25) is 0 Å². The Hall–Kier alpha value is -1.93. The van der Waals surface area contributed by atoms with E-state index in [0.717, 1.165) is 0 Å². The van der Waals surface area contributed by atoms with Gasteiger partial charge in [-0.25, -0.2) is 4.79 Å². The standard InChI is InChI=1S/C19H38N6O6S/c1-11(26)15(19(30)31)25-18(29)14(7-3-5-9-21)24-17(28)13(6-2-4-8-20)23-16(27)12(22)10-32/h11-15,26,32H,2-10,20-22H2,1H3,(H,23,27)(H,24,28)(H,25,29)(H,30,31). The number of aliphatic hydroxyl groups excluding tert-OH is 1. The van der Waals surface area contributed by atoms with Gasteiger partial charge in [0.25, 0.3) is 0 Å². The molecule has 0 rings (SSSR count). The number of carbonyl (C=O) groups is 4. The van der Waals surface area contributed by atoms with Crippen molar-refractivity contribution in [1.29, 1.82) is 0 Å². The van der Waals surface area contributed by atoms with Crippen LogP contribution >= 0.6 is 12.6 Å². The van der Waals surface area contributed by atoms with Gasteiger partial charge in [0.15, 0.2) is 6.04 Å². The maximum absolute atomic E-state index is 12.9. The molecule has 0 saturated heterocycles. The summed E-state index contributed by atoms with van der Waals surface area (Å²) in [4.78, 5) is 49.1. The van der Waals surface area contributed by atoms with Crippen LogP contribution in [0.3, 0.4) is 0 Å². The Kier molecular flexibility index (Phi) is 15.7. The van der Waals surface area contributed by atoms with E-state index in [-0.39, 0.29) is 18.6 Å². The summed E-state index contributed by atoms with van der Waals surface area (Å²) in [7, 11) is 0. The summed E-state index contributed by atoms with van der Waals surface area (Å²) >= 11 is 3.98. The van der Waals surface area contributed by atoms with Gasteiger partial charge in [0.05, 0.1) is 12.1 Å². The molecule has 3 amide bonds. The Morgan fingerprint density at radius 2 is 1.28 bits per heavy atom. The molecule has 11 N–H and O–H groups in total. The first-order valence-corrected chi connectivity index (χ1v) is 11.3. The quantitative estimate of drug-likeness (QED) is 0.0789. The number of hydrogen-bond donors (Lipinski definition) is 9. The first kappa shape index (κ1) is 30.1. The molecule has 0 aromatic heterocycles. The summed E-state index contributed by atoms with van der Waals surface area (Å²) in [5, 5.41) is 26.2. The molecule has 5 unspecified atom stereocenters. The lowest BCUT2D eigenvalue weighted by Gasteiger charge is -2.25. The van der Waals surface area contributed by atoms with Crippen molar-refractivity contribution in [1.82, 2.24) is 16.0 Å². The number of rotatable bonds is 17. The zero-order valence-corrected chi connectivity index (χ0v) is 19.4. The third-order valence-electron chi connectivity index (χ3n) is 4.74. The number of nitrogens with two attached hydrogens (primary N) is 3. The molecule has 32 heavy (non-hydrogen) atoms. The van der Waals surface area contributed by atoms with E-state index in [1.807, 2.05) is 0 Å². The fraction of sp³-hybridized carbons (Fsp3) is 0.789. The van der Waals surface area contributed by atoms with E-state index in [2.05, 4.69) is 28.6 Å². The van der Waals surface area contributed by atoms with Crippen molar-refractivity contribution >= 4 is 36.3 Å². The molecule has 0 aromatic carbocycles. The molecule has 0 saturated carbocycles. The Morgan fingerprint density at radius 1 is 0.844 bits per heavy atom. The van der Waals surface area contributed by atoms with Crippen LogP contribution < -0.4 is 33.2 Å². The van der Waals surface area contributed by atoms with Crippen LogP contribution in [0.15, 0.2) is 0 Å². The van der Waals surface area contributed by atoms with Gasteiger partial charge in [-0.3, -0.25) is 14.4 Å². The summed E-state index contributed by atoms with van der Waals surface area (Å²) in [6.07, 6.45) is 1.40. The summed E-state index contributed by atoms with van der Waals surface area (Å²) in [5.74, 6) is -3.25. The lowest BCUT2D eigenvalue weighted by Crippen LogP contribution is -2.58. The molecule has 0 radical (unpaired) electrons. The van der Waals surface area contributed by atoms with E-state index in [1.54, 1.807) is 0 Å². The predicted octanol–water partition coefficient (Wildman–Crippen LogP) is -2.58. The molecule has 0 aliphatic heterocycles. The van der Waals surface area contributed by atoms with Gasteiger partial charge in [-0.2, -0.15) is 12.6 Å². The van der Waals surface area contributed by atoms with Crippen molar-refractivity contribution < 1.29 is 29.4 Å². The smallest absolute Gasteiger partial charge is 0.328 e. The second-order valence-electron chi connectivity index (χ2n) is 7.55. The molecule has 0 heterocycles. The van der Waals surface area contributed by atoms with E-state index < -0.39 is 54.0 Å². The van der Waals surface area contributed by atoms with Gasteiger partial charge in [-0.05, 0) is 58.5 Å². The molecule has 0 aliphatic carbocycles. The van der Waals surface area contributed by atoms with Crippen LogP contribution in [-0.2, 0) is 19.2 Å². The fourth-order valence-corrected chi connectivity index (χ4v) is 2.97. The average molecular weight is 479 g/mol. The number of thiol groups is 1. The average Bonchev–Trinajstić information content (AvgIpc) is 2.74. The number of aliphatic carboxylic acids is 1. The highest BCUT2D eigenvalue weighted by Crippen LogP contribution is 2.07. The molecule has 0 spiro atoms. The SMILES string of the molecule is CC(O)C(NC(=O)C(CCCCN)NC(=O)C(CCCCN)NC(=O)C(N)CS)C(=O)O. The zero-order chi connectivity index (χ0) is 24.7. The summed E-state index contributed by atoms with van der Waals surface area (Å²) in [5.41, 5.74) is 16.7. The maximum atomic E-state index is 12.9. The number of carbonyl (C=O) groups excluding carboxylic acids is 3. The van der Waals surface area contributed by atoms with E-state index in [4.69, 9.17) is 17.2 Å². The molecule has 186 valence electrons. The molecule has 5 atom stereocenters. The highest BCUT2D eigenvalue weighted by molar-refractivity contribution is 7.80. The largest absolute Gasteiger partial charge is 0.480 e. The van der Waals surface area contributed by atoms with Gasteiger partial charge in [-0.15, -0.1) is 0 Å². The van der Waals surface area contributed by atoms with E-state index in [1.165, 1.54) is 6.92 Å². The second-order valence-corrected chi connectivity index (χ2v) is 7.91. The normalized spacial score (nSPS) is 15.7. The van der Waals surface area contributed by atoms with Gasteiger partial charge in [0.2, 0.25) is 17.7 Å². The summed E-state index contributed by atoms with van der Waals surface area (Å²) < 4.78 is 0. The van der Waals surface area contributed by atoms with E-state index in [9.17, 15) is 29.4 Å². The summed E-state index contributed by atoms with van der Waals surface area (Å²) in [6.45, 7) is 2.03. The first-order valence-electron chi connectivity index (χ1n) is 10.7. The van der Waals surface area contributed by atoms with Crippen LogP contribution in [0.1, 0.15) is 45.4 Å². The van der Waals surface area contributed by atoms with Gasteiger partial charge in [0, 0.05) is 5.75 Å². The zero-order valence-electron chi connectivity index (χ0n) is 18.5. The summed E-state index contributed by atoms with van der Waals surface area (Å²) in [6, 6.07) is -4.49. The highest BCUT2D eigenvalue weighted by atomic mass is 32.1. The molecular formula is C19H38N6O6S. The van der Waals surface area contributed by atoms with Gasteiger partial charge in [-0.1, -0.05) is 0 Å². The lowest BCUT2D eigenvalue weighted by molar-refractivity contribution is -0.145. The number of amides is 3. The number of unbranched alkanes of at least 4 members (excludes halogenated alkanes) is 2. The van der Waals surface area contributed by atoms with Crippen molar-refractivity contribution in [3.8, 4) is 0 Å². The van der Waals surface area contributed by atoms with E-state index >= 15 is 0 Å². The van der Waals surface area contributed by atoms with E-state index in [0.29, 0.717) is 38.8 Å². The van der Waals surface area contributed by atoms with Crippen molar-refractivity contribution in [3.63, 3.8) is 0 Å². The molecular weight excluding hydrogens is 440 g/mol. The number of carboxylic acids is 1. The van der Waals surface area contributed by atoms with Crippen molar-refractivity contribution in [2.24, 2.45) is 17.2 Å². The molecule has 12 nitrogen and oxygen atoms in total. The Morgan fingerprint density at radius 3 is 1.66 bits per heavy atom. The van der Waals surface area contributed by atoms with Gasteiger partial charge in [0.1, 0.15) is 12.1 Å².